The lowest BCUT2D eigenvalue weighted by atomic mass is 10.0. The van der Waals surface area contributed by atoms with Gasteiger partial charge in [-0.15, -0.1) is 0 Å². The zero-order valence-corrected chi connectivity index (χ0v) is 25.3. The number of ether oxygens (including phenoxy) is 2. The first kappa shape index (κ1) is 30.9. The highest BCUT2D eigenvalue weighted by Crippen LogP contribution is 2.34. The third kappa shape index (κ3) is 7.49. The van der Waals surface area contributed by atoms with E-state index in [9.17, 15) is 10.1 Å². The monoisotopic (exact) mass is 606 g/mol. The van der Waals surface area contributed by atoms with Crippen molar-refractivity contribution < 1.29 is 23.0 Å². The smallest absolute Gasteiger partial charge is 0.410 e. The number of hydrogen-bond acceptors (Lipinski definition) is 10. The molecule has 0 saturated carbocycles. The van der Waals surface area contributed by atoms with Crippen LogP contribution >= 0.6 is 0 Å². The molecular weight excluding hydrogens is 570 g/mol. The number of amides is 1. The molecule has 11 nitrogen and oxygen atoms in total. The Morgan fingerprint density at radius 1 is 1.09 bits per heavy atom. The summed E-state index contributed by atoms with van der Waals surface area (Å²) >= 11 is 0. The second kappa shape index (κ2) is 12.6. The van der Waals surface area contributed by atoms with E-state index in [0.29, 0.717) is 23.0 Å². The number of rotatable bonds is 6. The number of halogens is 2. The average Bonchev–Trinajstić information content (AvgIpc) is 2.98. The van der Waals surface area contributed by atoms with Crippen LogP contribution in [0.1, 0.15) is 32.8 Å². The zero-order valence-electron chi connectivity index (χ0n) is 25.3. The maximum atomic E-state index is 15.0. The fourth-order valence-electron chi connectivity index (χ4n) is 4.99. The van der Waals surface area contributed by atoms with Crippen molar-refractivity contribution in [1.29, 1.82) is 5.26 Å². The minimum Gasteiger partial charge on any atom is -0.483 e. The van der Waals surface area contributed by atoms with E-state index in [2.05, 4.69) is 37.1 Å². The number of likely N-dealkylation sites (N-methyl/N-ethyl adjacent to an activating group) is 1. The molecule has 2 saturated heterocycles. The minimum absolute atomic E-state index is 0.0312. The molecule has 44 heavy (non-hydrogen) atoms. The van der Waals surface area contributed by atoms with Gasteiger partial charge in [-0.1, -0.05) is 0 Å². The maximum absolute atomic E-state index is 15.0. The van der Waals surface area contributed by atoms with E-state index in [0.717, 1.165) is 36.8 Å². The van der Waals surface area contributed by atoms with Gasteiger partial charge >= 0.3 is 12.0 Å². The van der Waals surface area contributed by atoms with Crippen molar-refractivity contribution >= 4 is 23.5 Å². The Morgan fingerprint density at radius 3 is 2.52 bits per heavy atom. The Kier molecular flexibility index (Phi) is 8.82. The lowest BCUT2D eigenvalue weighted by Gasteiger charge is -2.38. The van der Waals surface area contributed by atoms with Crippen molar-refractivity contribution in [3.05, 3.63) is 54.4 Å². The number of alkyl halides is 2. The molecule has 5 rings (SSSR count). The molecule has 2 aliphatic heterocycles. The van der Waals surface area contributed by atoms with E-state index in [1.54, 1.807) is 45.2 Å². The molecule has 0 spiro atoms. The maximum Gasteiger partial charge on any atom is 0.410 e. The molecular formula is C31H36F2N8O3. The summed E-state index contributed by atoms with van der Waals surface area (Å²) in [4.78, 5) is 31.2. The largest absolute Gasteiger partial charge is 0.483 e. The Labute approximate surface area is 255 Å². The van der Waals surface area contributed by atoms with Crippen LogP contribution in [0.25, 0.3) is 11.3 Å². The number of aromatic nitrogens is 3. The molecule has 1 amide bonds. The van der Waals surface area contributed by atoms with Gasteiger partial charge in [0.2, 0.25) is 5.95 Å². The highest BCUT2D eigenvalue weighted by Gasteiger charge is 2.48. The van der Waals surface area contributed by atoms with Crippen molar-refractivity contribution in [3.8, 4) is 23.1 Å². The number of nitrogens with zero attached hydrogens (tertiary/aromatic N) is 7. The van der Waals surface area contributed by atoms with Gasteiger partial charge in [-0.2, -0.15) is 5.26 Å². The standard InChI is InChI=1S/C31H36F2N8O3/c1-30(2,3)44-29(42)41-12-10-26(31(32,33)20-41)43-25-7-5-21(17-22(25)18-34)24-9-11-35-28(37-24)38-27-8-6-23(19-36-27)40-15-13-39(4)14-16-40/h5-9,11,17,19,26H,10,12-16,20H2,1-4H3,(H,35,36,37,38)/t26-/m0/s1. The Balaban J connectivity index is 1.24. The van der Waals surface area contributed by atoms with Gasteiger partial charge in [0.25, 0.3) is 0 Å². The van der Waals surface area contributed by atoms with Crippen LogP contribution in [0.3, 0.4) is 0 Å². The van der Waals surface area contributed by atoms with Crippen LogP contribution in [0, 0.1) is 11.3 Å². The van der Waals surface area contributed by atoms with Crippen LogP contribution in [-0.4, -0.2) is 94.8 Å². The first-order valence-corrected chi connectivity index (χ1v) is 14.5. The Hall–Kier alpha value is -4.57. The highest BCUT2D eigenvalue weighted by molar-refractivity contribution is 5.68. The molecule has 2 fully saturated rings. The predicted octanol–water partition coefficient (Wildman–Crippen LogP) is 4.93. The van der Waals surface area contributed by atoms with E-state index in [1.165, 1.54) is 6.07 Å². The van der Waals surface area contributed by atoms with Crippen molar-refractivity contribution in [2.75, 3.05) is 56.5 Å². The number of nitrogens with one attached hydrogen (secondary N) is 1. The molecule has 2 aromatic heterocycles. The van der Waals surface area contributed by atoms with Crippen LogP contribution < -0.4 is 15.0 Å². The first-order valence-electron chi connectivity index (χ1n) is 14.5. The lowest BCUT2D eigenvalue weighted by molar-refractivity contribution is -0.137. The summed E-state index contributed by atoms with van der Waals surface area (Å²) < 4.78 is 41.0. The summed E-state index contributed by atoms with van der Waals surface area (Å²) in [7, 11) is 2.11. The quantitative estimate of drug-likeness (QED) is 0.414. The highest BCUT2D eigenvalue weighted by atomic mass is 19.3. The van der Waals surface area contributed by atoms with Crippen LogP contribution in [-0.2, 0) is 4.74 Å². The predicted molar refractivity (Wildman–Crippen MR) is 161 cm³/mol. The summed E-state index contributed by atoms with van der Waals surface area (Å²) in [6, 6.07) is 12.3. The SMILES string of the molecule is CN1CCN(c2ccc(Nc3nccc(-c4ccc(O[C@H]5CCN(C(=O)OC(C)(C)C)CC5(F)F)c(C#N)c4)n3)nc2)CC1. The van der Waals surface area contributed by atoms with Crippen LogP contribution in [0.4, 0.5) is 31.0 Å². The van der Waals surface area contributed by atoms with E-state index < -0.39 is 30.3 Å². The molecule has 1 aromatic carbocycles. The Morgan fingerprint density at radius 2 is 1.86 bits per heavy atom. The molecule has 0 unspecified atom stereocenters. The summed E-state index contributed by atoms with van der Waals surface area (Å²) in [6.45, 7) is 8.13. The van der Waals surface area contributed by atoms with Gasteiger partial charge in [0.15, 0.2) is 6.10 Å². The lowest BCUT2D eigenvalue weighted by Crippen LogP contribution is -2.56. The number of piperidine rings is 1. The number of pyridine rings is 1. The van der Waals surface area contributed by atoms with Crippen molar-refractivity contribution in [1.82, 2.24) is 24.8 Å². The second-order valence-corrected chi connectivity index (χ2v) is 12.0. The number of anilines is 3. The third-order valence-electron chi connectivity index (χ3n) is 7.36. The topological polar surface area (TPSA) is 120 Å². The van der Waals surface area contributed by atoms with E-state index >= 15 is 8.78 Å². The van der Waals surface area contributed by atoms with Crippen LogP contribution in [0.15, 0.2) is 48.8 Å². The van der Waals surface area contributed by atoms with Gasteiger partial charge in [0.05, 0.1) is 29.7 Å². The first-order chi connectivity index (χ1) is 20.9. The molecule has 0 bridgehead atoms. The molecule has 3 aromatic rings. The van der Waals surface area contributed by atoms with Gasteiger partial charge in [0, 0.05) is 50.9 Å². The van der Waals surface area contributed by atoms with E-state index in [-0.39, 0.29) is 24.3 Å². The van der Waals surface area contributed by atoms with Gasteiger partial charge in [-0.3, -0.25) is 0 Å². The fraction of sp³-hybridized carbons (Fsp3) is 0.452. The number of carbonyl (C=O) groups excluding carboxylic acids is 1. The van der Waals surface area contributed by atoms with Gasteiger partial charge < -0.3 is 29.5 Å². The molecule has 1 atom stereocenters. The molecule has 232 valence electrons. The average molecular weight is 607 g/mol. The number of benzene rings is 1. The number of piperazine rings is 1. The number of likely N-dealkylation sites (tertiary alicyclic amines) is 1. The summed E-state index contributed by atoms with van der Waals surface area (Å²) in [5.41, 5.74) is 1.45. The number of hydrogen-bond donors (Lipinski definition) is 1. The van der Waals surface area contributed by atoms with Crippen molar-refractivity contribution in [3.63, 3.8) is 0 Å². The second-order valence-electron chi connectivity index (χ2n) is 12.0. The normalized spacial score (nSPS) is 18.8. The van der Waals surface area contributed by atoms with Crippen LogP contribution in [0.5, 0.6) is 5.75 Å². The number of nitriles is 1. The van der Waals surface area contributed by atoms with Gasteiger partial charge in [0.1, 0.15) is 23.2 Å². The zero-order chi connectivity index (χ0) is 31.5. The minimum atomic E-state index is -3.34. The molecule has 1 N–H and O–H groups in total. The van der Waals surface area contributed by atoms with E-state index in [4.69, 9.17) is 9.47 Å². The molecule has 2 aliphatic rings. The molecule has 4 heterocycles. The summed E-state index contributed by atoms with van der Waals surface area (Å²) in [6.07, 6.45) is 0.975. The Bertz CT molecular complexity index is 1520. The third-order valence-corrected chi connectivity index (χ3v) is 7.36. The van der Waals surface area contributed by atoms with Gasteiger partial charge in [-0.05, 0) is 64.2 Å². The molecule has 13 heteroatoms. The van der Waals surface area contributed by atoms with E-state index in [1.807, 2.05) is 24.4 Å². The van der Waals surface area contributed by atoms with Crippen molar-refractivity contribution in [2.24, 2.45) is 0 Å². The molecule has 0 aliphatic carbocycles. The summed E-state index contributed by atoms with van der Waals surface area (Å²) in [5, 5.41) is 12.9. The summed E-state index contributed by atoms with van der Waals surface area (Å²) in [5.74, 6) is -2.41. The van der Waals surface area contributed by atoms with Gasteiger partial charge in [-0.25, -0.2) is 28.5 Å². The number of carbonyl (C=O) groups is 1. The van der Waals surface area contributed by atoms with Crippen LogP contribution in [0.2, 0.25) is 0 Å². The van der Waals surface area contributed by atoms with Crippen molar-refractivity contribution in [2.45, 2.75) is 44.8 Å². The fourth-order valence-corrected chi connectivity index (χ4v) is 4.99. The molecule has 0 radical (unpaired) electrons.